The van der Waals surface area contributed by atoms with Gasteiger partial charge >= 0.3 is 0 Å². The van der Waals surface area contributed by atoms with Gasteiger partial charge in [-0.25, -0.2) is 0 Å². The first kappa shape index (κ1) is 15.0. The van der Waals surface area contributed by atoms with Crippen molar-refractivity contribution in [2.75, 3.05) is 31.2 Å². The first-order valence-electron chi connectivity index (χ1n) is 7.15. The molecule has 2 rings (SSSR count). The van der Waals surface area contributed by atoms with Crippen molar-refractivity contribution in [3.05, 3.63) is 4.88 Å². The fourth-order valence-corrected chi connectivity index (χ4v) is 3.62. The van der Waals surface area contributed by atoms with Gasteiger partial charge in [-0.2, -0.15) is 0 Å². The standard InChI is InChI=1S/C14H23N3O2S/c1-3-16-13(18)12-10(15)11(19-2)14(20-12)17-8-9-6-4-5-7-9/h9,17H,3-8,15H2,1-2H3,(H,16,18). The molecular formula is C14H23N3O2S. The lowest BCUT2D eigenvalue weighted by Gasteiger charge is -2.11. The van der Waals surface area contributed by atoms with Crippen LogP contribution in [0.3, 0.4) is 0 Å². The highest BCUT2D eigenvalue weighted by Gasteiger charge is 2.22. The zero-order valence-electron chi connectivity index (χ0n) is 12.1. The number of methoxy groups -OCH3 is 1. The number of amides is 1. The average molecular weight is 297 g/mol. The predicted molar refractivity (Wildman–Crippen MR) is 83.7 cm³/mol. The minimum absolute atomic E-state index is 0.137. The van der Waals surface area contributed by atoms with E-state index < -0.39 is 0 Å². The highest BCUT2D eigenvalue weighted by molar-refractivity contribution is 7.19. The molecule has 6 heteroatoms. The minimum Gasteiger partial charge on any atom is -0.492 e. The predicted octanol–water partition coefficient (Wildman–Crippen LogP) is 2.69. The van der Waals surface area contributed by atoms with Crippen LogP contribution in [0.1, 0.15) is 42.3 Å². The zero-order valence-corrected chi connectivity index (χ0v) is 12.9. The number of rotatable bonds is 6. The summed E-state index contributed by atoms with van der Waals surface area (Å²) >= 11 is 1.37. The van der Waals surface area contributed by atoms with E-state index >= 15 is 0 Å². The Bertz CT molecular complexity index is 467. The summed E-state index contributed by atoms with van der Waals surface area (Å²) in [5, 5.41) is 7.03. The Morgan fingerprint density at radius 3 is 2.75 bits per heavy atom. The molecule has 0 unspecified atom stereocenters. The summed E-state index contributed by atoms with van der Waals surface area (Å²) in [6.45, 7) is 3.40. The maximum atomic E-state index is 11.9. The van der Waals surface area contributed by atoms with Crippen LogP contribution in [0.4, 0.5) is 10.7 Å². The third-order valence-corrected chi connectivity index (χ3v) is 4.82. The molecule has 0 aromatic carbocycles. The molecule has 0 saturated heterocycles. The summed E-state index contributed by atoms with van der Waals surface area (Å²) in [6.07, 6.45) is 5.19. The molecule has 0 spiro atoms. The van der Waals surface area contributed by atoms with Crippen LogP contribution in [-0.2, 0) is 0 Å². The molecule has 1 aromatic heterocycles. The van der Waals surface area contributed by atoms with E-state index in [4.69, 9.17) is 10.5 Å². The molecule has 1 amide bonds. The first-order chi connectivity index (χ1) is 9.67. The largest absolute Gasteiger partial charge is 0.492 e. The van der Waals surface area contributed by atoms with Gasteiger partial charge in [0.05, 0.1) is 7.11 Å². The van der Waals surface area contributed by atoms with E-state index in [0.717, 1.165) is 17.5 Å². The highest BCUT2D eigenvalue weighted by Crippen LogP contribution is 2.42. The van der Waals surface area contributed by atoms with E-state index in [2.05, 4.69) is 10.6 Å². The molecule has 112 valence electrons. The Morgan fingerprint density at radius 2 is 2.15 bits per heavy atom. The van der Waals surface area contributed by atoms with Crippen LogP contribution in [0.2, 0.25) is 0 Å². The van der Waals surface area contributed by atoms with Crippen LogP contribution in [0.5, 0.6) is 5.75 Å². The normalized spacial score (nSPS) is 15.3. The van der Waals surface area contributed by atoms with Gasteiger partial charge in [0, 0.05) is 13.1 Å². The number of nitrogens with two attached hydrogens (primary N) is 1. The van der Waals surface area contributed by atoms with Gasteiger partial charge in [-0.3, -0.25) is 4.79 Å². The summed E-state index contributed by atoms with van der Waals surface area (Å²) in [6, 6.07) is 0. The van der Waals surface area contributed by atoms with E-state index in [-0.39, 0.29) is 5.91 Å². The number of nitrogen functional groups attached to an aromatic ring is 1. The van der Waals surface area contributed by atoms with Crippen molar-refractivity contribution in [3.8, 4) is 5.75 Å². The zero-order chi connectivity index (χ0) is 14.5. The summed E-state index contributed by atoms with van der Waals surface area (Å²) in [7, 11) is 1.58. The molecule has 5 nitrogen and oxygen atoms in total. The quantitative estimate of drug-likeness (QED) is 0.754. The smallest absolute Gasteiger partial charge is 0.263 e. The molecule has 20 heavy (non-hydrogen) atoms. The van der Waals surface area contributed by atoms with Crippen molar-refractivity contribution < 1.29 is 9.53 Å². The van der Waals surface area contributed by atoms with Crippen LogP contribution < -0.4 is 21.1 Å². The molecule has 1 aliphatic rings. The molecule has 1 saturated carbocycles. The summed E-state index contributed by atoms with van der Waals surface area (Å²) < 4.78 is 5.34. The van der Waals surface area contributed by atoms with Gasteiger partial charge in [0.25, 0.3) is 5.91 Å². The third kappa shape index (κ3) is 3.17. The van der Waals surface area contributed by atoms with Crippen LogP contribution in [-0.4, -0.2) is 26.1 Å². The lowest BCUT2D eigenvalue weighted by atomic mass is 10.1. The Morgan fingerprint density at radius 1 is 1.45 bits per heavy atom. The van der Waals surface area contributed by atoms with Gasteiger partial charge in [0.2, 0.25) is 0 Å². The molecule has 0 aliphatic heterocycles. The van der Waals surface area contributed by atoms with Crippen LogP contribution in [0.25, 0.3) is 0 Å². The number of anilines is 2. The molecule has 1 aliphatic carbocycles. The molecule has 0 radical (unpaired) electrons. The maximum Gasteiger partial charge on any atom is 0.263 e. The average Bonchev–Trinajstić information content (AvgIpc) is 3.04. The van der Waals surface area contributed by atoms with E-state index in [9.17, 15) is 4.79 Å². The number of hydrogen-bond acceptors (Lipinski definition) is 5. The fraction of sp³-hybridized carbons (Fsp3) is 0.643. The number of nitrogens with one attached hydrogen (secondary N) is 2. The fourth-order valence-electron chi connectivity index (χ4n) is 2.61. The molecule has 1 fully saturated rings. The van der Waals surface area contributed by atoms with Crippen LogP contribution in [0.15, 0.2) is 0 Å². The van der Waals surface area contributed by atoms with Crippen molar-refractivity contribution in [3.63, 3.8) is 0 Å². The summed E-state index contributed by atoms with van der Waals surface area (Å²) in [5.41, 5.74) is 6.44. The molecule has 4 N–H and O–H groups in total. The molecule has 0 atom stereocenters. The van der Waals surface area contributed by atoms with Crippen LogP contribution >= 0.6 is 11.3 Å². The van der Waals surface area contributed by atoms with Gasteiger partial charge in [0.15, 0.2) is 5.75 Å². The van der Waals surface area contributed by atoms with Crippen molar-refractivity contribution >= 4 is 27.9 Å². The van der Waals surface area contributed by atoms with Gasteiger partial charge < -0.3 is 21.1 Å². The monoisotopic (exact) mass is 297 g/mol. The van der Waals surface area contributed by atoms with Crippen LogP contribution in [0, 0.1) is 5.92 Å². The van der Waals surface area contributed by atoms with Crippen molar-refractivity contribution in [1.82, 2.24) is 5.32 Å². The second-order valence-corrected chi connectivity index (χ2v) is 6.12. The lowest BCUT2D eigenvalue weighted by Crippen LogP contribution is -2.22. The Balaban J connectivity index is 2.10. The SMILES string of the molecule is CCNC(=O)c1sc(NCC2CCCC2)c(OC)c1N. The molecular weight excluding hydrogens is 274 g/mol. The molecule has 1 heterocycles. The Kier molecular flexibility index (Phi) is 5.11. The van der Waals surface area contributed by atoms with Crippen molar-refractivity contribution in [1.29, 1.82) is 0 Å². The topological polar surface area (TPSA) is 76.4 Å². The van der Waals surface area contributed by atoms with Crippen molar-refractivity contribution in [2.45, 2.75) is 32.6 Å². The summed E-state index contributed by atoms with van der Waals surface area (Å²) in [4.78, 5) is 12.5. The Hall–Kier alpha value is -1.43. The van der Waals surface area contributed by atoms with Gasteiger partial charge in [-0.05, 0) is 25.7 Å². The van der Waals surface area contributed by atoms with Gasteiger partial charge in [-0.15, -0.1) is 11.3 Å². The van der Waals surface area contributed by atoms with Gasteiger partial charge in [0.1, 0.15) is 15.6 Å². The minimum atomic E-state index is -0.137. The van der Waals surface area contributed by atoms with E-state index in [1.165, 1.54) is 37.0 Å². The van der Waals surface area contributed by atoms with E-state index in [1.54, 1.807) is 7.11 Å². The number of hydrogen-bond donors (Lipinski definition) is 3. The number of carbonyl (C=O) groups excluding carboxylic acids is 1. The van der Waals surface area contributed by atoms with E-state index in [1.807, 2.05) is 6.92 Å². The van der Waals surface area contributed by atoms with Gasteiger partial charge in [-0.1, -0.05) is 12.8 Å². The van der Waals surface area contributed by atoms with E-state index in [0.29, 0.717) is 22.9 Å². The van der Waals surface area contributed by atoms with Crippen molar-refractivity contribution in [2.24, 2.45) is 5.92 Å². The third-order valence-electron chi connectivity index (χ3n) is 3.67. The number of thiophene rings is 1. The number of ether oxygens (including phenoxy) is 1. The molecule has 1 aromatic rings. The Labute approximate surface area is 123 Å². The summed E-state index contributed by atoms with van der Waals surface area (Å²) in [5.74, 6) is 1.17. The second-order valence-electron chi connectivity index (χ2n) is 5.10. The highest BCUT2D eigenvalue weighted by atomic mass is 32.1. The maximum absolute atomic E-state index is 11.9. The number of carbonyl (C=O) groups is 1. The lowest BCUT2D eigenvalue weighted by molar-refractivity contribution is 0.0960. The second kappa shape index (κ2) is 6.83. The first-order valence-corrected chi connectivity index (χ1v) is 7.97. The molecule has 0 bridgehead atoms.